The monoisotopic (exact) mass is 246 g/mol. The lowest BCUT2D eigenvalue weighted by atomic mass is 10.0. The lowest BCUT2D eigenvalue weighted by Gasteiger charge is -2.08. The third kappa shape index (κ3) is 2.06. The second-order valence-corrected chi connectivity index (χ2v) is 3.74. The number of phenols is 3. The normalized spacial score (nSPS) is 10.2. The van der Waals surface area contributed by atoms with Gasteiger partial charge in [-0.2, -0.15) is 0 Å². The molecule has 4 N–H and O–H groups in total. The lowest BCUT2D eigenvalue weighted by Crippen LogP contribution is -1.95. The minimum Gasteiger partial charge on any atom is -0.508 e. The fourth-order valence-electron chi connectivity index (χ4n) is 1.70. The molecule has 0 radical (unpaired) electrons. The van der Waals surface area contributed by atoms with Gasteiger partial charge in [0.15, 0.2) is 0 Å². The van der Waals surface area contributed by atoms with Crippen LogP contribution in [0.4, 0.5) is 0 Å². The van der Waals surface area contributed by atoms with Crippen LogP contribution in [0.15, 0.2) is 36.4 Å². The first-order valence-corrected chi connectivity index (χ1v) is 5.07. The number of rotatable bonds is 2. The van der Waals surface area contributed by atoms with Crippen molar-refractivity contribution in [2.24, 2.45) is 0 Å². The smallest absolute Gasteiger partial charge is 0.335 e. The van der Waals surface area contributed by atoms with Crippen LogP contribution in [0.2, 0.25) is 0 Å². The topological polar surface area (TPSA) is 98.0 Å². The molecule has 0 unspecified atom stereocenters. The summed E-state index contributed by atoms with van der Waals surface area (Å²) in [7, 11) is 0. The van der Waals surface area contributed by atoms with Crippen molar-refractivity contribution in [1.29, 1.82) is 0 Å². The molecule has 0 aliphatic heterocycles. The van der Waals surface area contributed by atoms with Gasteiger partial charge in [-0.05, 0) is 17.7 Å². The zero-order chi connectivity index (χ0) is 13.3. The average Bonchev–Trinajstić information content (AvgIpc) is 2.28. The molecule has 0 spiro atoms. The molecule has 2 rings (SSSR count). The van der Waals surface area contributed by atoms with Crippen LogP contribution in [0.5, 0.6) is 17.2 Å². The maximum atomic E-state index is 10.8. The summed E-state index contributed by atoms with van der Waals surface area (Å²) in [4.78, 5) is 10.8. The van der Waals surface area contributed by atoms with Gasteiger partial charge in [-0.3, -0.25) is 0 Å². The second kappa shape index (κ2) is 4.29. The Labute approximate surface area is 102 Å². The third-order valence-electron chi connectivity index (χ3n) is 2.48. The maximum absolute atomic E-state index is 10.8. The quantitative estimate of drug-likeness (QED) is 0.651. The van der Waals surface area contributed by atoms with Gasteiger partial charge in [0, 0.05) is 12.1 Å². The van der Waals surface area contributed by atoms with Crippen LogP contribution >= 0.6 is 0 Å². The SMILES string of the molecule is O=C(O)c1cccc(-c2c(O)cc(O)cc2O)c1. The predicted molar refractivity (Wildman–Crippen MR) is 63.8 cm³/mol. The molecule has 0 atom stereocenters. The number of aromatic hydroxyl groups is 3. The Morgan fingerprint density at radius 2 is 1.56 bits per heavy atom. The summed E-state index contributed by atoms with van der Waals surface area (Å²) in [5.74, 6) is -2.03. The molecule has 5 heteroatoms. The fourth-order valence-corrected chi connectivity index (χ4v) is 1.70. The number of hydrogen-bond donors (Lipinski definition) is 4. The van der Waals surface area contributed by atoms with Gasteiger partial charge < -0.3 is 20.4 Å². The van der Waals surface area contributed by atoms with Crippen molar-refractivity contribution in [1.82, 2.24) is 0 Å². The Kier molecular flexibility index (Phi) is 2.81. The van der Waals surface area contributed by atoms with Crippen LogP contribution in [-0.4, -0.2) is 26.4 Å². The molecular weight excluding hydrogens is 236 g/mol. The molecule has 92 valence electrons. The summed E-state index contributed by atoms with van der Waals surface area (Å²) in [5.41, 5.74) is 0.472. The number of hydrogen-bond acceptors (Lipinski definition) is 4. The molecule has 18 heavy (non-hydrogen) atoms. The van der Waals surface area contributed by atoms with Crippen molar-refractivity contribution in [2.75, 3.05) is 0 Å². The second-order valence-electron chi connectivity index (χ2n) is 3.74. The number of carbonyl (C=O) groups is 1. The highest BCUT2D eigenvalue weighted by Gasteiger charge is 2.13. The van der Waals surface area contributed by atoms with Crippen molar-refractivity contribution in [3.63, 3.8) is 0 Å². The number of phenolic OH excluding ortho intramolecular Hbond substituents is 3. The van der Waals surface area contributed by atoms with Crippen LogP contribution in [-0.2, 0) is 0 Å². The Hall–Kier alpha value is -2.69. The minimum absolute atomic E-state index is 0.0411. The van der Waals surface area contributed by atoms with Gasteiger partial charge in [0.2, 0.25) is 0 Å². The van der Waals surface area contributed by atoms with Crippen LogP contribution in [0.3, 0.4) is 0 Å². The zero-order valence-electron chi connectivity index (χ0n) is 9.16. The first-order chi connectivity index (χ1) is 8.49. The lowest BCUT2D eigenvalue weighted by molar-refractivity contribution is 0.0697. The molecule has 0 saturated heterocycles. The van der Waals surface area contributed by atoms with Gasteiger partial charge in [-0.1, -0.05) is 12.1 Å². The van der Waals surface area contributed by atoms with E-state index in [0.717, 1.165) is 12.1 Å². The van der Waals surface area contributed by atoms with Gasteiger partial charge in [-0.25, -0.2) is 4.79 Å². The molecule has 2 aromatic carbocycles. The summed E-state index contributed by atoms with van der Waals surface area (Å²) in [5, 5.41) is 37.4. The molecule has 2 aromatic rings. The highest BCUT2D eigenvalue weighted by Crippen LogP contribution is 2.40. The molecule has 0 aliphatic rings. The van der Waals surface area contributed by atoms with E-state index in [4.69, 9.17) is 5.11 Å². The summed E-state index contributed by atoms with van der Waals surface area (Å²) in [6, 6.07) is 7.93. The number of carboxylic acids is 1. The van der Waals surface area contributed by atoms with E-state index in [-0.39, 0.29) is 28.4 Å². The summed E-state index contributed by atoms with van der Waals surface area (Å²) >= 11 is 0. The molecule has 5 nitrogen and oxygen atoms in total. The van der Waals surface area contributed by atoms with Crippen molar-refractivity contribution in [3.05, 3.63) is 42.0 Å². The Morgan fingerprint density at radius 1 is 0.944 bits per heavy atom. The van der Waals surface area contributed by atoms with E-state index in [0.29, 0.717) is 5.56 Å². The molecule has 0 aliphatic carbocycles. The average molecular weight is 246 g/mol. The molecule has 0 bridgehead atoms. The number of benzene rings is 2. The highest BCUT2D eigenvalue weighted by molar-refractivity contribution is 5.90. The molecule has 0 saturated carbocycles. The van der Waals surface area contributed by atoms with Crippen LogP contribution in [0.25, 0.3) is 11.1 Å². The molecule has 0 fully saturated rings. The van der Waals surface area contributed by atoms with Gasteiger partial charge in [0.25, 0.3) is 0 Å². The molecule has 0 aromatic heterocycles. The zero-order valence-corrected chi connectivity index (χ0v) is 9.16. The van der Waals surface area contributed by atoms with Gasteiger partial charge in [-0.15, -0.1) is 0 Å². The van der Waals surface area contributed by atoms with E-state index in [1.165, 1.54) is 18.2 Å². The van der Waals surface area contributed by atoms with E-state index in [1.807, 2.05) is 0 Å². The standard InChI is InChI=1S/C13H10O5/c14-9-5-10(15)12(11(16)6-9)7-2-1-3-8(4-7)13(17)18/h1-6,14-16H,(H,17,18). The van der Waals surface area contributed by atoms with E-state index >= 15 is 0 Å². The van der Waals surface area contributed by atoms with E-state index in [1.54, 1.807) is 6.07 Å². The highest BCUT2D eigenvalue weighted by atomic mass is 16.4. The first kappa shape index (κ1) is 11.8. The maximum Gasteiger partial charge on any atom is 0.335 e. The third-order valence-corrected chi connectivity index (χ3v) is 2.48. The Balaban J connectivity index is 2.62. The fraction of sp³-hybridized carbons (Fsp3) is 0. The molecular formula is C13H10O5. The minimum atomic E-state index is -1.10. The Bertz CT molecular complexity index is 596. The van der Waals surface area contributed by atoms with Crippen LogP contribution in [0.1, 0.15) is 10.4 Å². The van der Waals surface area contributed by atoms with Crippen molar-refractivity contribution < 1.29 is 25.2 Å². The molecule has 0 amide bonds. The summed E-state index contributed by atoms with van der Waals surface area (Å²) in [6.45, 7) is 0. The van der Waals surface area contributed by atoms with E-state index < -0.39 is 5.97 Å². The summed E-state index contributed by atoms with van der Waals surface area (Å²) < 4.78 is 0. The van der Waals surface area contributed by atoms with E-state index in [2.05, 4.69) is 0 Å². The largest absolute Gasteiger partial charge is 0.508 e. The summed E-state index contributed by atoms with van der Waals surface area (Å²) in [6.07, 6.45) is 0. The predicted octanol–water partition coefficient (Wildman–Crippen LogP) is 2.17. The number of aromatic carboxylic acids is 1. The van der Waals surface area contributed by atoms with Crippen LogP contribution in [0, 0.1) is 0 Å². The number of carboxylic acid groups (broad SMARTS) is 1. The van der Waals surface area contributed by atoms with Crippen molar-refractivity contribution in [2.45, 2.75) is 0 Å². The first-order valence-electron chi connectivity index (χ1n) is 5.07. The van der Waals surface area contributed by atoms with Crippen molar-refractivity contribution >= 4 is 5.97 Å². The van der Waals surface area contributed by atoms with Gasteiger partial charge in [0.1, 0.15) is 17.2 Å². The molecule has 0 heterocycles. The Morgan fingerprint density at radius 3 is 2.11 bits per heavy atom. The van der Waals surface area contributed by atoms with E-state index in [9.17, 15) is 20.1 Å². The van der Waals surface area contributed by atoms with Crippen LogP contribution < -0.4 is 0 Å². The van der Waals surface area contributed by atoms with Gasteiger partial charge >= 0.3 is 5.97 Å². The van der Waals surface area contributed by atoms with Crippen molar-refractivity contribution in [3.8, 4) is 28.4 Å². The van der Waals surface area contributed by atoms with Gasteiger partial charge in [0.05, 0.1) is 11.1 Å².